The number of nitrogens with zero attached hydrogens (tertiary/aromatic N) is 2. The van der Waals surface area contributed by atoms with Crippen molar-refractivity contribution < 1.29 is 0 Å². The standard InChI is InChI=1S/C17H30BrN3/c1-14(2)13-21(11-10-20(3)4)9-8-17(19)15-6-5-7-16(18)12-15/h5-7,12,14,17H,8-11,13,19H2,1-4H3. The van der Waals surface area contributed by atoms with E-state index in [4.69, 9.17) is 5.73 Å². The molecule has 0 aliphatic heterocycles. The zero-order valence-electron chi connectivity index (χ0n) is 13.8. The van der Waals surface area contributed by atoms with Gasteiger partial charge in [0.1, 0.15) is 0 Å². The third kappa shape index (κ3) is 7.96. The van der Waals surface area contributed by atoms with E-state index >= 15 is 0 Å². The van der Waals surface area contributed by atoms with Crippen LogP contribution in [0.25, 0.3) is 0 Å². The van der Waals surface area contributed by atoms with Gasteiger partial charge in [0.15, 0.2) is 0 Å². The topological polar surface area (TPSA) is 32.5 Å². The number of nitrogens with two attached hydrogens (primary N) is 1. The van der Waals surface area contributed by atoms with Crippen molar-refractivity contribution in [1.82, 2.24) is 9.80 Å². The van der Waals surface area contributed by atoms with Crippen LogP contribution in [0.3, 0.4) is 0 Å². The summed E-state index contributed by atoms with van der Waals surface area (Å²) < 4.78 is 1.10. The van der Waals surface area contributed by atoms with E-state index in [2.05, 4.69) is 71.9 Å². The lowest BCUT2D eigenvalue weighted by Crippen LogP contribution is -2.36. The quantitative estimate of drug-likeness (QED) is 0.736. The van der Waals surface area contributed by atoms with E-state index < -0.39 is 0 Å². The molecule has 0 fully saturated rings. The van der Waals surface area contributed by atoms with E-state index in [-0.39, 0.29) is 6.04 Å². The Bertz CT molecular complexity index is 407. The van der Waals surface area contributed by atoms with Crippen LogP contribution in [-0.2, 0) is 0 Å². The second kappa shape index (κ2) is 9.57. The van der Waals surface area contributed by atoms with Gasteiger partial charge in [0.2, 0.25) is 0 Å². The first-order valence-electron chi connectivity index (χ1n) is 7.76. The van der Waals surface area contributed by atoms with Crippen LogP contribution in [0.15, 0.2) is 28.7 Å². The molecule has 0 bridgehead atoms. The number of halogens is 1. The molecule has 0 heterocycles. The van der Waals surface area contributed by atoms with Crippen LogP contribution in [0, 0.1) is 5.92 Å². The van der Waals surface area contributed by atoms with Gasteiger partial charge in [0.05, 0.1) is 0 Å². The molecule has 0 radical (unpaired) electrons. The number of likely N-dealkylation sites (N-methyl/N-ethyl adjacent to an activating group) is 1. The van der Waals surface area contributed by atoms with Gasteiger partial charge in [-0.05, 0) is 50.7 Å². The van der Waals surface area contributed by atoms with Crippen molar-refractivity contribution in [3.05, 3.63) is 34.3 Å². The molecule has 4 heteroatoms. The summed E-state index contributed by atoms with van der Waals surface area (Å²) in [6.07, 6.45) is 0.997. The summed E-state index contributed by atoms with van der Waals surface area (Å²) in [6.45, 7) is 8.95. The minimum Gasteiger partial charge on any atom is -0.324 e. The Morgan fingerprint density at radius 3 is 2.43 bits per heavy atom. The maximum Gasteiger partial charge on any atom is 0.0307 e. The van der Waals surface area contributed by atoms with E-state index in [1.807, 2.05) is 6.07 Å². The van der Waals surface area contributed by atoms with Gasteiger partial charge in [-0.25, -0.2) is 0 Å². The lowest BCUT2D eigenvalue weighted by molar-refractivity contribution is 0.212. The molecule has 0 amide bonds. The molecule has 0 spiro atoms. The van der Waals surface area contributed by atoms with Gasteiger partial charge in [-0.1, -0.05) is 41.9 Å². The molecule has 120 valence electrons. The highest BCUT2D eigenvalue weighted by Gasteiger charge is 2.12. The summed E-state index contributed by atoms with van der Waals surface area (Å²) in [4.78, 5) is 4.77. The van der Waals surface area contributed by atoms with Crippen molar-refractivity contribution in [3.63, 3.8) is 0 Å². The Balaban J connectivity index is 2.50. The van der Waals surface area contributed by atoms with Crippen molar-refractivity contribution >= 4 is 15.9 Å². The lowest BCUT2D eigenvalue weighted by atomic mass is 10.0. The number of hydrogen-bond acceptors (Lipinski definition) is 3. The van der Waals surface area contributed by atoms with Crippen LogP contribution < -0.4 is 5.73 Å². The second-order valence-corrected chi connectivity index (χ2v) is 7.36. The second-order valence-electron chi connectivity index (χ2n) is 6.45. The molecule has 21 heavy (non-hydrogen) atoms. The highest BCUT2D eigenvalue weighted by molar-refractivity contribution is 9.10. The van der Waals surface area contributed by atoms with Crippen molar-refractivity contribution in [1.29, 1.82) is 0 Å². The van der Waals surface area contributed by atoms with Gasteiger partial charge in [0.25, 0.3) is 0 Å². The predicted molar refractivity (Wildman–Crippen MR) is 95.5 cm³/mol. The maximum absolute atomic E-state index is 6.34. The fourth-order valence-corrected chi connectivity index (χ4v) is 2.79. The van der Waals surface area contributed by atoms with Crippen molar-refractivity contribution in [2.45, 2.75) is 26.3 Å². The minimum absolute atomic E-state index is 0.108. The lowest BCUT2D eigenvalue weighted by Gasteiger charge is -2.27. The fourth-order valence-electron chi connectivity index (χ4n) is 2.38. The average molecular weight is 356 g/mol. The molecule has 0 aliphatic carbocycles. The molecular weight excluding hydrogens is 326 g/mol. The Morgan fingerprint density at radius 1 is 1.14 bits per heavy atom. The molecule has 1 atom stereocenters. The minimum atomic E-state index is 0.108. The molecule has 0 saturated heterocycles. The molecule has 0 saturated carbocycles. The van der Waals surface area contributed by atoms with Gasteiger partial charge in [-0.3, -0.25) is 0 Å². The molecule has 1 aromatic carbocycles. The van der Waals surface area contributed by atoms with E-state index in [0.717, 1.165) is 37.1 Å². The van der Waals surface area contributed by atoms with Crippen molar-refractivity contribution in [3.8, 4) is 0 Å². The highest BCUT2D eigenvalue weighted by atomic mass is 79.9. The summed E-state index contributed by atoms with van der Waals surface area (Å²) >= 11 is 3.51. The van der Waals surface area contributed by atoms with Crippen LogP contribution in [0.2, 0.25) is 0 Å². The Kier molecular flexibility index (Phi) is 8.49. The van der Waals surface area contributed by atoms with E-state index in [0.29, 0.717) is 5.92 Å². The Morgan fingerprint density at radius 2 is 1.86 bits per heavy atom. The molecule has 0 aromatic heterocycles. The SMILES string of the molecule is CC(C)CN(CCC(N)c1cccc(Br)c1)CCN(C)C. The fraction of sp³-hybridized carbons (Fsp3) is 0.647. The van der Waals surface area contributed by atoms with E-state index in [9.17, 15) is 0 Å². The van der Waals surface area contributed by atoms with Gasteiger partial charge < -0.3 is 15.5 Å². The zero-order chi connectivity index (χ0) is 15.8. The third-order valence-electron chi connectivity index (χ3n) is 3.52. The summed E-state index contributed by atoms with van der Waals surface area (Å²) in [5, 5.41) is 0. The molecule has 1 rings (SSSR count). The Labute approximate surface area is 138 Å². The smallest absolute Gasteiger partial charge is 0.0307 e. The van der Waals surface area contributed by atoms with Crippen LogP contribution in [0.4, 0.5) is 0 Å². The highest BCUT2D eigenvalue weighted by Crippen LogP contribution is 2.19. The van der Waals surface area contributed by atoms with Crippen LogP contribution in [0.1, 0.15) is 31.9 Å². The normalized spacial score (nSPS) is 13.4. The Hall–Kier alpha value is -0.420. The molecule has 1 aromatic rings. The first-order chi connectivity index (χ1) is 9.88. The molecule has 3 nitrogen and oxygen atoms in total. The van der Waals surface area contributed by atoms with E-state index in [1.165, 1.54) is 5.56 Å². The van der Waals surface area contributed by atoms with Crippen LogP contribution in [-0.4, -0.2) is 50.1 Å². The first-order valence-corrected chi connectivity index (χ1v) is 8.56. The van der Waals surface area contributed by atoms with Crippen molar-refractivity contribution in [2.75, 3.05) is 40.3 Å². The number of hydrogen-bond donors (Lipinski definition) is 1. The zero-order valence-corrected chi connectivity index (χ0v) is 15.4. The van der Waals surface area contributed by atoms with Gasteiger partial charge in [-0.15, -0.1) is 0 Å². The summed E-state index contributed by atoms with van der Waals surface area (Å²) in [5.74, 6) is 0.689. The van der Waals surface area contributed by atoms with Gasteiger partial charge in [0, 0.05) is 30.1 Å². The van der Waals surface area contributed by atoms with Crippen molar-refractivity contribution in [2.24, 2.45) is 11.7 Å². The van der Waals surface area contributed by atoms with Gasteiger partial charge >= 0.3 is 0 Å². The molecule has 1 unspecified atom stereocenters. The first kappa shape index (κ1) is 18.6. The molecule has 2 N–H and O–H groups in total. The van der Waals surface area contributed by atoms with Crippen LogP contribution >= 0.6 is 15.9 Å². The largest absolute Gasteiger partial charge is 0.324 e. The summed E-state index contributed by atoms with van der Waals surface area (Å²) in [7, 11) is 4.25. The van der Waals surface area contributed by atoms with Gasteiger partial charge in [-0.2, -0.15) is 0 Å². The van der Waals surface area contributed by atoms with Crippen LogP contribution in [0.5, 0.6) is 0 Å². The number of benzene rings is 1. The average Bonchev–Trinajstić information content (AvgIpc) is 2.40. The monoisotopic (exact) mass is 355 g/mol. The molecular formula is C17H30BrN3. The summed E-state index contributed by atoms with van der Waals surface area (Å²) in [6, 6.07) is 8.44. The maximum atomic E-state index is 6.34. The predicted octanol–water partition coefficient (Wildman–Crippen LogP) is 3.36. The summed E-state index contributed by atoms with van der Waals surface area (Å²) in [5.41, 5.74) is 7.55. The third-order valence-corrected chi connectivity index (χ3v) is 4.01. The van der Waals surface area contributed by atoms with E-state index in [1.54, 1.807) is 0 Å². The number of rotatable bonds is 9. The molecule has 0 aliphatic rings.